The number of hydrogen-bond donors (Lipinski definition) is 1. The second kappa shape index (κ2) is 1.92. The molecule has 0 radical (unpaired) electrons. The zero-order valence-corrected chi connectivity index (χ0v) is 5.79. The molecule has 0 bridgehead atoms. The molecule has 1 aliphatic rings. The maximum atomic E-state index is 13.1. The Labute approximate surface area is 63.8 Å². The van der Waals surface area contributed by atoms with E-state index < -0.39 is 5.85 Å². The van der Waals surface area contributed by atoms with Crippen molar-refractivity contribution in [3.63, 3.8) is 0 Å². The molecule has 11 heavy (non-hydrogen) atoms. The van der Waals surface area contributed by atoms with Crippen LogP contribution < -0.4 is 0 Å². The molecule has 1 nitrogen and oxygen atoms in total. The molecule has 0 spiro atoms. The summed E-state index contributed by atoms with van der Waals surface area (Å²) in [6.07, 6.45) is 2.73. The second-order valence-corrected chi connectivity index (χ2v) is 2.59. The number of rotatable bonds is 0. The van der Waals surface area contributed by atoms with Crippen LogP contribution in [0.15, 0.2) is 30.3 Å². The van der Waals surface area contributed by atoms with Crippen LogP contribution in [0.5, 0.6) is 0 Å². The first kappa shape index (κ1) is 6.55. The lowest BCUT2D eigenvalue weighted by Gasteiger charge is -2.10. The summed E-state index contributed by atoms with van der Waals surface area (Å²) < 4.78 is 13.1. The Balaban J connectivity index is 2.64. The van der Waals surface area contributed by atoms with E-state index in [9.17, 15) is 4.39 Å². The summed E-state index contributed by atoms with van der Waals surface area (Å²) >= 11 is 0. The highest BCUT2D eigenvalue weighted by Gasteiger charge is 2.31. The summed E-state index contributed by atoms with van der Waals surface area (Å²) in [5, 5.41) is 9.09. The topological polar surface area (TPSA) is 20.2 Å². The molecular weight excluding hydrogens is 143 g/mol. The predicted octanol–water partition coefficient (Wildman–Crippen LogP) is 1.83. The van der Waals surface area contributed by atoms with Gasteiger partial charge in [-0.3, -0.25) is 0 Å². The number of aliphatic hydroxyl groups is 1. The lowest BCUT2D eigenvalue weighted by Crippen LogP contribution is -2.12. The van der Waals surface area contributed by atoms with Crippen LogP contribution in [-0.2, 0) is 5.85 Å². The molecule has 56 valence electrons. The van der Waals surface area contributed by atoms with Crippen LogP contribution in [-0.4, -0.2) is 5.11 Å². The highest BCUT2D eigenvalue weighted by Crippen LogP contribution is 2.34. The van der Waals surface area contributed by atoms with Gasteiger partial charge in [-0.05, 0) is 11.6 Å². The maximum absolute atomic E-state index is 13.1. The van der Waals surface area contributed by atoms with Crippen LogP contribution in [0, 0.1) is 0 Å². The molecule has 0 fully saturated rings. The van der Waals surface area contributed by atoms with Crippen molar-refractivity contribution < 1.29 is 9.50 Å². The summed E-state index contributed by atoms with van der Waals surface area (Å²) in [6.45, 7) is 0. The minimum atomic E-state index is -2.25. The van der Waals surface area contributed by atoms with E-state index in [1.807, 2.05) is 6.07 Å². The van der Waals surface area contributed by atoms with Crippen LogP contribution in [0.25, 0.3) is 6.08 Å². The van der Waals surface area contributed by atoms with E-state index in [0.29, 0.717) is 5.56 Å². The lowest BCUT2D eigenvalue weighted by atomic mass is 10.1. The summed E-state index contributed by atoms with van der Waals surface area (Å²) in [6, 6.07) is 6.86. The van der Waals surface area contributed by atoms with Crippen LogP contribution >= 0.6 is 0 Å². The Morgan fingerprint density at radius 1 is 1.27 bits per heavy atom. The largest absolute Gasteiger partial charge is 0.355 e. The van der Waals surface area contributed by atoms with Gasteiger partial charge < -0.3 is 5.11 Å². The zero-order chi connectivity index (χ0) is 7.90. The van der Waals surface area contributed by atoms with Crippen molar-refractivity contribution in [1.82, 2.24) is 0 Å². The monoisotopic (exact) mass is 150 g/mol. The lowest BCUT2D eigenvalue weighted by molar-refractivity contribution is -0.0438. The third-order valence-electron chi connectivity index (χ3n) is 1.82. The Morgan fingerprint density at radius 2 is 2.00 bits per heavy atom. The molecule has 0 saturated heterocycles. The number of halogens is 1. The Hall–Kier alpha value is -1.15. The molecule has 0 heterocycles. The smallest absolute Gasteiger partial charge is 0.253 e. The molecule has 1 aromatic rings. The summed E-state index contributed by atoms with van der Waals surface area (Å²) in [5.74, 6) is -2.25. The van der Waals surface area contributed by atoms with Crippen molar-refractivity contribution in [2.24, 2.45) is 0 Å². The Kier molecular flexibility index (Phi) is 1.14. The first-order valence-corrected chi connectivity index (χ1v) is 3.40. The van der Waals surface area contributed by atoms with Gasteiger partial charge in [0.15, 0.2) is 0 Å². The van der Waals surface area contributed by atoms with Gasteiger partial charge in [-0.25, -0.2) is 4.39 Å². The van der Waals surface area contributed by atoms with Gasteiger partial charge >= 0.3 is 0 Å². The molecule has 1 atom stereocenters. The molecule has 1 N–H and O–H groups in total. The van der Waals surface area contributed by atoms with Gasteiger partial charge in [-0.1, -0.05) is 30.3 Å². The molecule has 2 heteroatoms. The van der Waals surface area contributed by atoms with Crippen molar-refractivity contribution >= 4 is 6.08 Å². The van der Waals surface area contributed by atoms with Gasteiger partial charge in [0.25, 0.3) is 5.85 Å². The maximum Gasteiger partial charge on any atom is 0.253 e. The second-order valence-electron chi connectivity index (χ2n) is 2.59. The van der Waals surface area contributed by atoms with Gasteiger partial charge in [0, 0.05) is 5.56 Å². The Morgan fingerprint density at radius 3 is 2.73 bits per heavy atom. The number of benzene rings is 1. The zero-order valence-electron chi connectivity index (χ0n) is 5.79. The molecular formula is C9H7FO. The van der Waals surface area contributed by atoms with Crippen LogP contribution in [0.1, 0.15) is 11.1 Å². The molecule has 1 aromatic carbocycles. The normalized spacial score (nSPS) is 27.1. The predicted molar refractivity (Wildman–Crippen MR) is 40.5 cm³/mol. The van der Waals surface area contributed by atoms with Gasteiger partial charge in [-0.15, -0.1) is 0 Å². The average Bonchev–Trinajstić information content (AvgIpc) is 2.29. The van der Waals surface area contributed by atoms with Crippen molar-refractivity contribution in [3.8, 4) is 0 Å². The fourth-order valence-corrected chi connectivity index (χ4v) is 1.25. The number of alkyl halides is 1. The van der Waals surface area contributed by atoms with Gasteiger partial charge in [-0.2, -0.15) is 0 Å². The minimum Gasteiger partial charge on any atom is -0.355 e. The van der Waals surface area contributed by atoms with Gasteiger partial charge in [0.1, 0.15) is 0 Å². The van der Waals surface area contributed by atoms with E-state index in [1.165, 1.54) is 0 Å². The first-order chi connectivity index (χ1) is 5.20. The molecule has 0 amide bonds. The minimum absolute atomic E-state index is 0.333. The van der Waals surface area contributed by atoms with Crippen LogP contribution in [0.2, 0.25) is 0 Å². The van der Waals surface area contributed by atoms with E-state index in [-0.39, 0.29) is 0 Å². The Bertz CT molecular complexity index is 315. The third-order valence-corrected chi connectivity index (χ3v) is 1.82. The fraction of sp³-hybridized carbons (Fsp3) is 0.111. The van der Waals surface area contributed by atoms with Gasteiger partial charge in [0.2, 0.25) is 0 Å². The molecule has 0 saturated carbocycles. The van der Waals surface area contributed by atoms with Crippen LogP contribution in [0.4, 0.5) is 4.39 Å². The van der Waals surface area contributed by atoms with E-state index >= 15 is 0 Å². The van der Waals surface area contributed by atoms with Crippen molar-refractivity contribution in [2.75, 3.05) is 0 Å². The highest BCUT2D eigenvalue weighted by atomic mass is 19.2. The van der Waals surface area contributed by atoms with E-state index in [2.05, 4.69) is 0 Å². The average molecular weight is 150 g/mol. The van der Waals surface area contributed by atoms with Crippen molar-refractivity contribution in [3.05, 3.63) is 41.5 Å². The van der Waals surface area contributed by atoms with E-state index in [0.717, 1.165) is 11.6 Å². The fourth-order valence-electron chi connectivity index (χ4n) is 1.25. The van der Waals surface area contributed by atoms with Crippen molar-refractivity contribution in [2.45, 2.75) is 5.85 Å². The first-order valence-electron chi connectivity index (χ1n) is 3.40. The molecule has 1 aliphatic carbocycles. The van der Waals surface area contributed by atoms with E-state index in [1.54, 1.807) is 24.3 Å². The number of hydrogen-bond acceptors (Lipinski definition) is 1. The summed E-state index contributed by atoms with van der Waals surface area (Å²) in [7, 11) is 0. The molecule has 0 aromatic heterocycles. The van der Waals surface area contributed by atoms with Crippen LogP contribution in [0.3, 0.4) is 0 Å². The molecule has 1 unspecified atom stereocenters. The van der Waals surface area contributed by atoms with Gasteiger partial charge in [0.05, 0.1) is 0 Å². The molecule has 2 rings (SSSR count). The van der Waals surface area contributed by atoms with E-state index in [4.69, 9.17) is 5.11 Å². The molecule has 0 aliphatic heterocycles. The summed E-state index contributed by atoms with van der Waals surface area (Å²) in [4.78, 5) is 0. The van der Waals surface area contributed by atoms with Crippen molar-refractivity contribution in [1.29, 1.82) is 0 Å². The quantitative estimate of drug-likeness (QED) is 0.598. The standard InChI is InChI=1S/C9H7FO/c10-9(11)6-5-7-3-1-2-4-8(7)9/h1-6,11H. The third kappa shape index (κ3) is 0.870. The SMILES string of the molecule is OC1(F)C=Cc2ccccc21. The highest BCUT2D eigenvalue weighted by molar-refractivity contribution is 5.62. The number of fused-ring (bicyclic) bond motifs is 1. The summed E-state index contributed by atoms with van der Waals surface area (Å²) in [5.41, 5.74) is 1.08.